The Balaban J connectivity index is 1.67. The van der Waals surface area contributed by atoms with Crippen LogP contribution in [-0.2, 0) is 14.3 Å². The first-order valence-electron chi connectivity index (χ1n) is 7.69. The molecule has 2 amide bonds. The largest absolute Gasteiger partial charge is 0.456 e. The maximum Gasteiger partial charge on any atom is 0.308 e. The second kappa shape index (κ2) is 9.79. The van der Waals surface area contributed by atoms with Gasteiger partial charge in [-0.1, -0.05) is 35.3 Å². The van der Waals surface area contributed by atoms with E-state index in [2.05, 4.69) is 10.6 Å². The number of benzene rings is 2. The van der Waals surface area contributed by atoms with Gasteiger partial charge in [0.1, 0.15) is 0 Å². The van der Waals surface area contributed by atoms with Gasteiger partial charge < -0.3 is 15.4 Å². The summed E-state index contributed by atoms with van der Waals surface area (Å²) in [5.41, 5.74) is 0.868. The molecule has 0 saturated heterocycles. The average Bonchev–Trinajstić information content (AvgIpc) is 2.62. The molecule has 0 aliphatic carbocycles. The molecule has 0 radical (unpaired) electrons. The molecule has 0 heterocycles. The van der Waals surface area contributed by atoms with Crippen molar-refractivity contribution >= 4 is 46.7 Å². The molecule has 0 aliphatic rings. The number of para-hydroxylation sites is 1. The second-order valence-electron chi connectivity index (χ2n) is 5.20. The number of nitrogens with one attached hydrogen (secondary N) is 2. The number of carbonyl (C=O) groups excluding carboxylic acids is 3. The Morgan fingerprint density at radius 3 is 2.35 bits per heavy atom. The van der Waals surface area contributed by atoms with Crippen LogP contribution in [0.1, 0.15) is 16.8 Å². The lowest BCUT2D eigenvalue weighted by Crippen LogP contribution is -2.27. The van der Waals surface area contributed by atoms with E-state index in [0.29, 0.717) is 21.3 Å². The van der Waals surface area contributed by atoms with Crippen LogP contribution in [-0.4, -0.2) is 30.9 Å². The van der Waals surface area contributed by atoms with Crippen molar-refractivity contribution in [2.24, 2.45) is 0 Å². The van der Waals surface area contributed by atoms with Crippen LogP contribution < -0.4 is 10.6 Å². The fraction of sp³-hybridized carbons (Fsp3) is 0.167. The number of rotatable bonds is 7. The van der Waals surface area contributed by atoms with Gasteiger partial charge >= 0.3 is 5.97 Å². The van der Waals surface area contributed by atoms with Crippen LogP contribution in [0.3, 0.4) is 0 Å². The van der Waals surface area contributed by atoms with Crippen LogP contribution in [0, 0.1) is 0 Å². The zero-order valence-electron chi connectivity index (χ0n) is 13.6. The first-order valence-corrected chi connectivity index (χ1v) is 8.45. The maximum atomic E-state index is 11.9. The molecule has 0 saturated carbocycles. The minimum absolute atomic E-state index is 0.0568. The number of hydrogen-bond acceptors (Lipinski definition) is 4. The Labute approximate surface area is 160 Å². The molecule has 0 atom stereocenters. The van der Waals surface area contributed by atoms with Crippen molar-refractivity contribution in [3.63, 3.8) is 0 Å². The Bertz CT molecular complexity index is 794. The smallest absolute Gasteiger partial charge is 0.308 e. The quantitative estimate of drug-likeness (QED) is 0.705. The number of esters is 1. The normalized spacial score (nSPS) is 10.1. The molecule has 2 rings (SSSR count). The SMILES string of the molecule is O=C(COC(=O)CCNC(=O)c1ccc(Cl)cc1)Nc1ccccc1Cl. The third-order valence-electron chi connectivity index (χ3n) is 3.23. The highest BCUT2D eigenvalue weighted by Gasteiger charge is 2.10. The molecule has 0 spiro atoms. The Hall–Kier alpha value is -2.57. The van der Waals surface area contributed by atoms with Crippen LogP contribution >= 0.6 is 23.2 Å². The van der Waals surface area contributed by atoms with E-state index in [1.165, 1.54) is 0 Å². The van der Waals surface area contributed by atoms with Crippen molar-refractivity contribution in [3.8, 4) is 0 Å². The van der Waals surface area contributed by atoms with E-state index in [1.807, 2.05) is 0 Å². The zero-order chi connectivity index (χ0) is 18.9. The molecule has 0 unspecified atom stereocenters. The highest BCUT2D eigenvalue weighted by molar-refractivity contribution is 6.33. The summed E-state index contributed by atoms with van der Waals surface area (Å²) in [5, 5.41) is 6.03. The van der Waals surface area contributed by atoms with Crippen molar-refractivity contribution in [1.29, 1.82) is 0 Å². The van der Waals surface area contributed by atoms with Gasteiger partial charge in [-0.2, -0.15) is 0 Å². The first-order chi connectivity index (χ1) is 12.5. The zero-order valence-corrected chi connectivity index (χ0v) is 15.1. The minimum atomic E-state index is -0.601. The van der Waals surface area contributed by atoms with Crippen LogP contribution in [0.5, 0.6) is 0 Å². The highest BCUT2D eigenvalue weighted by Crippen LogP contribution is 2.20. The Morgan fingerprint density at radius 2 is 1.65 bits per heavy atom. The summed E-state index contributed by atoms with van der Waals surface area (Å²) >= 11 is 11.7. The predicted octanol–water partition coefficient (Wildman–Crippen LogP) is 3.30. The van der Waals surface area contributed by atoms with Gasteiger partial charge in [-0.05, 0) is 36.4 Å². The van der Waals surface area contributed by atoms with Crippen molar-refractivity contribution in [3.05, 3.63) is 64.1 Å². The molecular weight excluding hydrogens is 379 g/mol. The van der Waals surface area contributed by atoms with Gasteiger partial charge in [0.2, 0.25) is 0 Å². The molecule has 136 valence electrons. The van der Waals surface area contributed by atoms with Gasteiger partial charge in [-0.15, -0.1) is 0 Å². The Kier molecular flexibility index (Phi) is 7.44. The first kappa shape index (κ1) is 19.8. The molecule has 2 aromatic carbocycles. The minimum Gasteiger partial charge on any atom is -0.456 e. The molecule has 26 heavy (non-hydrogen) atoms. The average molecular weight is 395 g/mol. The number of carbonyl (C=O) groups is 3. The van der Waals surface area contributed by atoms with E-state index in [1.54, 1.807) is 48.5 Å². The van der Waals surface area contributed by atoms with Gasteiger partial charge in [0.25, 0.3) is 11.8 Å². The standard InChI is InChI=1S/C18H16Cl2N2O4/c19-13-7-5-12(6-8-13)18(25)21-10-9-17(24)26-11-16(23)22-15-4-2-1-3-14(15)20/h1-8H,9-11H2,(H,21,25)(H,22,23). The van der Waals surface area contributed by atoms with E-state index in [-0.39, 0.29) is 18.9 Å². The van der Waals surface area contributed by atoms with Gasteiger partial charge in [-0.25, -0.2) is 0 Å². The van der Waals surface area contributed by atoms with E-state index in [4.69, 9.17) is 27.9 Å². The van der Waals surface area contributed by atoms with Gasteiger partial charge in [0.15, 0.2) is 6.61 Å². The van der Waals surface area contributed by atoms with Crippen molar-refractivity contribution in [2.45, 2.75) is 6.42 Å². The van der Waals surface area contributed by atoms with Crippen LogP contribution in [0.4, 0.5) is 5.69 Å². The Morgan fingerprint density at radius 1 is 0.962 bits per heavy atom. The third-order valence-corrected chi connectivity index (χ3v) is 3.81. The summed E-state index contributed by atoms with van der Waals surface area (Å²) in [4.78, 5) is 35.2. The molecule has 2 aromatic rings. The predicted molar refractivity (Wildman–Crippen MR) is 99.4 cm³/mol. The molecule has 0 aromatic heterocycles. The molecule has 6 nitrogen and oxygen atoms in total. The number of ether oxygens (including phenoxy) is 1. The molecule has 2 N–H and O–H groups in total. The van der Waals surface area contributed by atoms with Crippen molar-refractivity contribution < 1.29 is 19.1 Å². The van der Waals surface area contributed by atoms with Gasteiger partial charge in [-0.3, -0.25) is 14.4 Å². The number of hydrogen-bond donors (Lipinski definition) is 2. The monoisotopic (exact) mass is 394 g/mol. The molecule has 0 aliphatic heterocycles. The molecule has 8 heteroatoms. The highest BCUT2D eigenvalue weighted by atomic mass is 35.5. The number of amides is 2. The van der Waals surface area contributed by atoms with E-state index >= 15 is 0 Å². The van der Waals surface area contributed by atoms with E-state index in [9.17, 15) is 14.4 Å². The molecule has 0 bridgehead atoms. The van der Waals surface area contributed by atoms with Crippen molar-refractivity contribution in [2.75, 3.05) is 18.5 Å². The summed E-state index contributed by atoms with van der Waals surface area (Å²) in [5.74, 6) is -1.43. The maximum absolute atomic E-state index is 11.9. The lowest BCUT2D eigenvalue weighted by Gasteiger charge is -2.08. The van der Waals surface area contributed by atoms with Crippen LogP contribution in [0.25, 0.3) is 0 Å². The summed E-state index contributed by atoms with van der Waals surface area (Å²) in [6.07, 6.45) is -0.0568. The topological polar surface area (TPSA) is 84.5 Å². The summed E-state index contributed by atoms with van der Waals surface area (Å²) in [6, 6.07) is 13.1. The number of anilines is 1. The van der Waals surface area contributed by atoms with E-state index < -0.39 is 18.5 Å². The van der Waals surface area contributed by atoms with Crippen molar-refractivity contribution in [1.82, 2.24) is 5.32 Å². The van der Waals surface area contributed by atoms with Gasteiger partial charge in [0.05, 0.1) is 17.1 Å². The lowest BCUT2D eigenvalue weighted by atomic mass is 10.2. The summed E-state index contributed by atoms with van der Waals surface area (Å²) in [7, 11) is 0. The fourth-order valence-electron chi connectivity index (χ4n) is 1.95. The van der Waals surface area contributed by atoms with Crippen LogP contribution in [0.15, 0.2) is 48.5 Å². The molecule has 0 fully saturated rings. The lowest BCUT2D eigenvalue weighted by molar-refractivity contribution is -0.147. The third kappa shape index (κ3) is 6.38. The number of halogens is 2. The van der Waals surface area contributed by atoms with Crippen LogP contribution in [0.2, 0.25) is 10.0 Å². The second-order valence-corrected chi connectivity index (χ2v) is 6.05. The fourth-order valence-corrected chi connectivity index (χ4v) is 2.26. The summed E-state index contributed by atoms with van der Waals surface area (Å²) in [6.45, 7) is -0.346. The van der Waals surface area contributed by atoms with E-state index in [0.717, 1.165) is 0 Å². The molecular formula is C18H16Cl2N2O4. The summed E-state index contributed by atoms with van der Waals surface area (Å²) < 4.78 is 4.86. The van der Waals surface area contributed by atoms with Gasteiger partial charge in [0, 0.05) is 17.1 Å².